The van der Waals surface area contributed by atoms with Crippen LogP contribution in [0, 0.1) is 6.92 Å². The zero-order valence-electron chi connectivity index (χ0n) is 9.75. The van der Waals surface area contributed by atoms with Crippen LogP contribution in [0.25, 0.3) is 0 Å². The SMILES string of the molecule is CCCOCC(=O)Nc1cccc(N)c1C. The average molecular weight is 222 g/mol. The molecular weight excluding hydrogens is 204 g/mol. The molecule has 4 heteroatoms. The predicted octanol–water partition coefficient (Wildman–Crippen LogP) is 1.94. The average Bonchev–Trinajstić information content (AvgIpc) is 2.25. The molecule has 1 amide bonds. The predicted molar refractivity (Wildman–Crippen MR) is 65.3 cm³/mol. The van der Waals surface area contributed by atoms with E-state index in [4.69, 9.17) is 10.5 Å². The summed E-state index contributed by atoms with van der Waals surface area (Å²) in [5.74, 6) is -0.151. The monoisotopic (exact) mass is 222 g/mol. The number of hydrogen-bond acceptors (Lipinski definition) is 3. The number of nitrogen functional groups attached to an aromatic ring is 1. The Hall–Kier alpha value is -1.55. The Labute approximate surface area is 95.8 Å². The molecule has 0 heterocycles. The van der Waals surface area contributed by atoms with Crippen molar-refractivity contribution in [3.8, 4) is 0 Å². The first-order chi connectivity index (χ1) is 7.65. The summed E-state index contributed by atoms with van der Waals surface area (Å²) < 4.78 is 5.14. The second-order valence-corrected chi connectivity index (χ2v) is 3.62. The third-order valence-electron chi connectivity index (χ3n) is 2.23. The minimum atomic E-state index is -0.151. The maximum atomic E-state index is 11.5. The Morgan fingerprint density at radius 1 is 1.50 bits per heavy atom. The number of ether oxygens (including phenoxy) is 1. The molecule has 88 valence electrons. The van der Waals surface area contributed by atoms with Gasteiger partial charge in [0, 0.05) is 18.0 Å². The molecule has 0 aliphatic carbocycles. The first-order valence-corrected chi connectivity index (χ1v) is 5.37. The van der Waals surface area contributed by atoms with Crippen LogP contribution in [0.3, 0.4) is 0 Å². The lowest BCUT2D eigenvalue weighted by atomic mass is 10.1. The zero-order chi connectivity index (χ0) is 12.0. The highest BCUT2D eigenvalue weighted by molar-refractivity contribution is 5.93. The number of hydrogen-bond donors (Lipinski definition) is 2. The summed E-state index contributed by atoms with van der Waals surface area (Å²) in [6.45, 7) is 4.56. The fourth-order valence-electron chi connectivity index (χ4n) is 1.28. The molecule has 4 nitrogen and oxygen atoms in total. The number of benzene rings is 1. The van der Waals surface area contributed by atoms with Crippen molar-refractivity contribution >= 4 is 17.3 Å². The Kier molecular flexibility index (Phi) is 4.79. The quantitative estimate of drug-likeness (QED) is 0.591. The molecule has 0 aromatic heterocycles. The highest BCUT2D eigenvalue weighted by Crippen LogP contribution is 2.20. The molecule has 0 radical (unpaired) electrons. The largest absolute Gasteiger partial charge is 0.398 e. The normalized spacial score (nSPS) is 10.1. The number of rotatable bonds is 5. The van der Waals surface area contributed by atoms with Crippen molar-refractivity contribution in [2.24, 2.45) is 0 Å². The van der Waals surface area contributed by atoms with Gasteiger partial charge in [0.2, 0.25) is 5.91 Å². The summed E-state index contributed by atoms with van der Waals surface area (Å²) in [4.78, 5) is 11.5. The first-order valence-electron chi connectivity index (χ1n) is 5.37. The van der Waals surface area contributed by atoms with Crippen LogP contribution in [0.1, 0.15) is 18.9 Å². The molecular formula is C12H18N2O2. The summed E-state index contributed by atoms with van der Waals surface area (Å²) in [5, 5.41) is 2.77. The number of carbonyl (C=O) groups is 1. The van der Waals surface area contributed by atoms with Gasteiger partial charge in [-0.1, -0.05) is 13.0 Å². The molecule has 0 aliphatic heterocycles. The first kappa shape index (κ1) is 12.5. The number of anilines is 2. The van der Waals surface area contributed by atoms with Crippen LogP contribution in [-0.4, -0.2) is 19.1 Å². The summed E-state index contributed by atoms with van der Waals surface area (Å²) in [6, 6.07) is 5.44. The maximum Gasteiger partial charge on any atom is 0.250 e. The van der Waals surface area contributed by atoms with E-state index in [1.54, 1.807) is 6.07 Å². The molecule has 16 heavy (non-hydrogen) atoms. The van der Waals surface area contributed by atoms with Gasteiger partial charge in [0.25, 0.3) is 0 Å². The molecule has 0 aliphatic rings. The van der Waals surface area contributed by atoms with Crippen molar-refractivity contribution in [3.05, 3.63) is 23.8 Å². The molecule has 3 N–H and O–H groups in total. The Morgan fingerprint density at radius 3 is 2.94 bits per heavy atom. The van der Waals surface area contributed by atoms with Crippen molar-refractivity contribution in [1.29, 1.82) is 0 Å². The van der Waals surface area contributed by atoms with Crippen molar-refractivity contribution in [3.63, 3.8) is 0 Å². The summed E-state index contributed by atoms with van der Waals surface area (Å²) in [6.07, 6.45) is 0.907. The van der Waals surface area contributed by atoms with Crippen LogP contribution < -0.4 is 11.1 Å². The molecule has 0 fully saturated rings. The van der Waals surface area contributed by atoms with Crippen LogP contribution in [0.2, 0.25) is 0 Å². The lowest BCUT2D eigenvalue weighted by Gasteiger charge is -2.10. The van der Waals surface area contributed by atoms with Gasteiger partial charge in [-0.2, -0.15) is 0 Å². The van der Waals surface area contributed by atoms with E-state index < -0.39 is 0 Å². The molecule has 0 spiro atoms. The van der Waals surface area contributed by atoms with Crippen molar-refractivity contribution < 1.29 is 9.53 Å². The van der Waals surface area contributed by atoms with Gasteiger partial charge in [-0.25, -0.2) is 0 Å². The van der Waals surface area contributed by atoms with Crippen LogP contribution in [0.4, 0.5) is 11.4 Å². The van der Waals surface area contributed by atoms with E-state index in [9.17, 15) is 4.79 Å². The topological polar surface area (TPSA) is 64.3 Å². The smallest absolute Gasteiger partial charge is 0.250 e. The Balaban J connectivity index is 2.53. The lowest BCUT2D eigenvalue weighted by molar-refractivity contribution is -0.120. The van der Waals surface area contributed by atoms with Crippen molar-refractivity contribution in [1.82, 2.24) is 0 Å². The van der Waals surface area contributed by atoms with E-state index in [0.29, 0.717) is 12.3 Å². The molecule has 0 unspecified atom stereocenters. The van der Waals surface area contributed by atoms with Crippen LogP contribution in [-0.2, 0) is 9.53 Å². The van der Waals surface area contributed by atoms with E-state index in [0.717, 1.165) is 17.7 Å². The molecule has 1 rings (SSSR count). The zero-order valence-corrected chi connectivity index (χ0v) is 9.75. The molecule has 0 saturated heterocycles. The summed E-state index contributed by atoms with van der Waals surface area (Å²) >= 11 is 0. The number of carbonyl (C=O) groups excluding carboxylic acids is 1. The Morgan fingerprint density at radius 2 is 2.25 bits per heavy atom. The molecule has 0 atom stereocenters. The van der Waals surface area contributed by atoms with E-state index in [2.05, 4.69) is 5.32 Å². The van der Waals surface area contributed by atoms with E-state index in [-0.39, 0.29) is 12.5 Å². The highest BCUT2D eigenvalue weighted by Gasteiger charge is 2.05. The summed E-state index contributed by atoms with van der Waals surface area (Å²) in [7, 11) is 0. The van der Waals surface area contributed by atoms with Gasteiger partial charge < -0.3 is 15.8 Å². The maximum absolute atomic E-state index is 11.5. The molecule has 1 aromatic rings. The number of nitrogens with one attached hydrogen (secondary N) is 1. The van der Waals surface area contributed by atoms with E-state index in [1.165, 1.54) is 0 Å². The second kappa shape index (κ2) is 6.12. The standard InChI is InChI=1S/C12H18N2O2/c1-3-7-16-8-12(15)14-11-6-4-5-10(13)9(11)2/h4-6H,3,7-8,13H2,1-2H3,(H,14,15). The van der Waals surface area contributed by atoms with Gasteiger partial charge >= 0.3 is 0 Å². The lowest BCUT2D eigenvalue weighted by Crippen LogP contribution is -2.19. The number of amides is 1. The minimum absolute atomic E-state index is 0.0854. The fourth-order valence-corrected chi connectivity index (χ4v) is 1.28. The van der Waals surface area contributed by atoms with E-state index >= 15 is 0 Å². The van der Waals surface area contributed by atoms with Crippen molar-refractivity contribution in [2.45, 2.75) is 20.3 Å². The summed E-state index contributed by atoms with van der Waals surface area (Å²) in [5.41, 5.74) is 8.03. The minimum Gasteiger partial charge on any atom is -0.398 e. The third kappa shape index (κ3) is 3.55. The molecule has 1 aromatic carbocycles. The second-order valence-electron chi connectivity index (χ2n) is 3.62. The third-order valence-corrected chi connectivity index (χ3v) is 2.23. The molecule has 0 saturated carbocycles. The van der Waals surface area contributed by atoms with E-state index in [1.807, 2.05) is 26.0 Å². The van der Waals surface area contributed by atoms with Crippen molar-refractivity contribution in [2.75, 3.05) is 24.3 Å². The van der Waals surface area contributed by atoms with Gasteiger partial charge in [0.05, 0.1) is 0 Å². The highest BCUT2D eigenvalue weighted by atomic mass is 16.5. The van der Waals surface area contributed by atoms with Gasteiger partial charge in [0.1, 0.15) is 6.61 Å². The van der Waals surface area contributed by atoms with Crippen LogP contribution in [0.15, 0.2) is 18.2 Å². The molecule has 0 bridgehead atoms. The van der Waals surface area contributed by atoms with Gasteiger partial charge in [-0.15, -0.1) is 0 Å². The fraction of sp³-hybridized carbons (Fsp3) is 0.417. The van der Waals surface area contributed by atoms with Gasteiger partial charge in [-0.3, -0.25) is 4.79 Å². The van der Waals surface area contributed by atoms with Gasteiger partial charge in [-0.05, 0) is 31.0 Å². The van der Waals surface area contributed by atoms with Gasteiger partial charge in [0.15, 0.2) is 0 Å². The van der Waals surface area contributed by atoms with Crippen LogP contribution >= 0.6 is 0 Å². The number of nitrogens with two attached hydrogens (primary N) is 1. The van der Waals surface area contributed by atoms with Crippen LogP contribution in [0.5, 0.6) is 0 Å². The Bertz CT molecular complexity index is 364.